The van der Waals surface area contributed by atoms with Crippen molar-refractivity contribution in [2.45, 2.75) is 17.7 Å². The third-order valence-corrected chi connectivity index (χ3v) is 4.33. The van der Waals surface area contributed by atoms with E-state index in [-0.39, 0.29) is 17.4 Å². The van der Waals surface area contributed by atoms with Gasteiger partial charge in [-0.2, -0.15) is 0 Å². The molecule has 0 aliphatic heterocycles. The van der Waals surface area contributed by atoms with Gasteiger partial charge in [-0.25, -0.2) is 12.7 Å². The Balaban J connectivity index is 3.05. The van der Waals surface area contributed by atoms with Crippen LogP contribution in [0.5, 0.6) is 0 Å². The average Bonchev–Trinajstić information content (AvgIpc) is 2.28. The van der Waals surface area contributed by atoms with Crippen LogP contribution >= 0.6 is 0 Å². The summed E-state index contributed by atoms with van der Waals surface area (Å²) in [5, 5.41) is 8.98. The lowest BCUT2D eigenvalue weighted by Crippen LogP contribution is -2.22. The van der Waals surface area contributed by atoms with E-state index in [0.29, 0.717) is 0 Å². The summed E-state index contributed by atoms with van der Waals surface area (Å²) in [5.74, 6) is 0.0242. The fourth-order valence-electron chi connectivity index (χ4n) is 1.28. The Hall–Kier alpha value is -0.910. The van der Waals surface area contributed by atoms with E-state index in [1.54, 1.807) is 24.3 Å². The minimum Gasteiger partial charge on any atom is -0.396 e. The lowest BCUT2D eigenvalue weighted by molar-refractivity contribution is 0.273. The molecular formula is C11H17NO3S. The van der Waals surface area contributed by atoms with Crippen LogP contribution in [0.1, 0.15) is 18.4 Å². The number of aliphatic hydroxyl groups is 1. The molecule has 0 saturated heterocycles. The highest BCUT2D eigenvalue weighted by Gasteiger charge is 2.16. The molecule has 0 aliphatic rings. The van der Waals surface area contributed by atoms with Crippen molar-refractivity contribution in [3.05, 3.63) is 29.8 Å². The molecular weight excluding hydrogens is 226 g/mol. The molecule has 0 fully saturated rings. The van der Waals surface area contributed by atoms with Gasteiger partial charge in [0, 0.05) is 26.6 Å². The normalized spacial score (nSPS) is 14.1. The molecule has 0 radical (unpaired) electrons. The first-order valence-corrected chi connectivity index (χ1v) is 6.47. The topological polar surface area (TPSA) is 57.6 Å². The first-order chi connectivity index (χ1) is 7.39. The Bertz CT molecular complexity index is 437. The van der Waals surface area contributed by atoms with Crippen LogP contribution in [0.4, 0.5) is 0 Å². The summed E-state index contributed by atoms with van der Waals surface area (Å²) in [4.78, 5) is 0.270. The van der Waals surface area contributed by atoms with Crippen LogP contribution in [-0.2, 0) is 10.0 Å². The number of hydrogen-bond acceptors (Lipinski definition) is 3. The van der Waals surface area contributed by atoms with Gasteiger partial charge >= 0.3 is 0 Å². The van der Waals surface area contributed by atoms with Crippen LogP contribution in [0.25, 0.3) is 0 Å². The fourth-order valence-corrected chi connectivity index (χ4v) is 2.19. The van der Waals surface area contributed by atoms with Gasteiger partial charge in [0.05, 0.1) is 4.90 Å². The Labute approximate surface area is 96.6 Å². The van der Waals surface area contributed by atoms with E-state index < -0.39 is 10.0 Å². The van der Waals surface area contributed by atoms with Crippen molar-refractivity contribution >= 4 is 10.0 Å². The Morgan fingerprint density at radius 1 is 1.25 bits per heavy atom. The molecule has 5 heteroatoms. The quantitative estimate of drug-likeness (QED) is 0.859. The molecule has 0 heterocycles. The Morgan fingerprint density at radius 3 is 2.12 bits per heavy atom. The van der Waals surface area contributed by atoms with Crippen LogP contribution in [-0.4, -0.2) is 38.5 Å². The van der Waals surface area contributed by atoms with Crippen LogP contribution in [0.15, 0.2) is 29.2 Å². The van der Waals surface area contributed by atoms with Crippen molar-refractivity contribution < 1.29 is 13.5 Å². The van der Waals surface area contributed by atoms with Crippen LogP contribution in [0, 0.1) is 0 Å². The van der Waals surface area contributed by atoms with Crippen molar-refractivity contribution in [1.29, 1.82) is 0 Å². The fraction of sp³-hybridized carbons (Fsp3) is 0.455. The van der Waals surface area contributed by atoms with Crippen molar-refractivity contribution in [3.8, 4) is 0 Å². The minimum atomic E-state index is -3.36. The maximum absolute atomic E-state index is 11.8. The lowest BCUT2D eigenvalue weighted by atomic mass is 10.0. The highest BCUT2D eigenvalue weighted by atomic mass is 32.2. The van der Waals surface area contributed by atoms with E-state index >= 15 is 0 Å². The zero-order chi connectivity index (χ0) is 12.3. The lowest BCUT2D eigenvalue weighted by Gasteiger charge is -2.13. The highest BCUT2D eigenvalue weighted by Crippen LogP contribution is 2.18. The number of nitrogens with zero attached hydrogens (tertiary/aromatic N) is 1. The number of benzene rings is 1. The molecule has 1 rings (SSSR count). The van der Waals surface area contributed by atoms with Gasteiger partial charge in [-0.15, -0.1) is 0 Å². The SMILES string of the molecule is CC(CO)c1ccc(S(=O)(=O)N(C)C)cc1. The van der Waals surface area contributed by atoms with E-state index in [4.69, 9.17) is 5.11 Å². The molecule has 1 unspecified atom stereocenters. The van der Waals surface area contributed by atoms with E-state index in [1.165, 1.54) is 18.4 Å². The van der Waals surface area contributed by atoms with Crippen molar-refractivity contribution in [3.63, 3.8) is 0 Å². The predicted molar refractivity (Wildman–Crippen MR) is 62.8 cm³/mol. The molecule has 1 aromatic carbocycles. The van der Waals surface area contributed by atoms with Gasteiger partial charge in [0.25, 0.3) is 0 Å². The highest BCUT2D eigenvalue weighted by molar-refractivity contribution is 7.89. The third-order valence-electron chi connectivity index (χ3n) is 2.50. The van der Waals surface area contributed by atoms with Gasteiger partial charge in [0.15, 0.2) is 0 Å². The van der Waals surface area contributed by atoms with Crippen molar-refractivity contribution in [2.24, 2.45) is 0 Å². The second kappa shape index (κ2) is 4.95. The minimum absolute atomic E-state index is 0.0242. The van der Waals surface area contributed by atoms with Crippen LogP contribution in [0.3, 0.4) is 0 Å². The van der Waals surface area contributed by atoms with Crippen LogP contribution < -0.4 is 0 Å². The molecule has 0 saturated carbocycles. The van der Waals surface area contributed by atoms with E-state index in [0.717, 1.165) is 5.56 Å². The molecule has 1 aromatic rings. The molecule has 1 N–H and O–H groups in total. The second-order valence-electron chi connectivity index (χ2n) is 3.94. The summed E-state index contributed by atoms with van der Waals surface area (Å²) in [7, 11) is -0.356. The summed E-state index contributed by atoms with van der Waals surface area (Å²) < 4.78 is 24.7. The predicted octanol–water partition coefficient (Wildman–Crippen LogP) is 1.03. The summed E-state index contributed by atoms with van der Waals surface area (Å²) in [5.41, 5.74) is 0.931. The van der Waals surface area contributed by atoms with Crippen molar-refractivity contribution in [1.82, 2.24) is 4.31 Å². The molecule has 0 amide bonds. The van der Waals surface area contributed by atoms with Gasteiger partial charge < -0.3 is 5.11 Å². The average molecular weight is 243 g/mol. The maximum atomic E-state index is 11.8. The zero-order valence-electron chi connectivity index (χ0n) is 9.71. The smallest absolute Gasteiger partial charge is 0.242 e. The molecule has 0 spiro atoms. The van der Waals surface area contributed by atoms with Crippen molar-refractivity contribution in [2.75, 3.05) is 20.7 Å². The molecule has 1 atom stereocenters. The molecule has 4 nitrogen and oxygen atoms in total. The van der Waals surface area contributed by atoms with E-state index in [2.05, 4.69) is 0 Å². The van der Waals surface area contributed by atoms with Gasteiger partial charge in [-0.1, -0.05) is 19.1 Å². The number of aliphatic hydroxyl groups excluding tert-OH is 1. The van der Waals surface area contributed by atoms with Gasteiger partial charge in [-0.05, 0) is 17.7 Å². The first-order valence-electron chi connectivity index (χ1n) is 5.03. The summed E-state index contributed by atoms with van der Waals surface area (Å²) >= 11 is 0. The third kappa shape index (κ3) is 2.61. The molecule has 0 aromatic heterocycles. The first kappa shape index (κ1) is 13.2. The molecule has 90 valence electrons. The number of hydrogen-bond donors (Lipinski definition) is 1. The largest absolute Gasteiger partial charge is 0.396 e. The molecule has 16 heavy (non-hydrogen) atoms. The van der Waals surface area contributed by atoms with Gasteiger partial charge in [0.2, 0.25) is 10.0 Å². The standard InChI is InChI=1S/C11H17NO3S/c1-9(8-13)10-4-6-11(7-5-10)16(14,15)12(2)3/h4-7,9,13H,8H2,1-3H3. The summed E-state index contributed by atoms with van der Waals surface area (Å²) in [6, 6.07) is 6.60. The Kier molecular flexibility index (Phi) is 4.07. The van der Waals surface area contributed by atoms with Crippen LogP contribution in [0.2, 0.25) is 0 Å². The Morgan fingerprint density at radius 2 is 1.75 bits per heavy atom. The van der Waals surface area contributed by atoms with E-state index in [1.807, 2.05) is 6.92 Å². The van der Waals surface area contributed by atoms with Gasteiger partial charge in [0.1, 0.15) is 0 Å². The summed E-state index contributed by atoms with van der Waals surface area (Å²) in [6.45, 7) is 1.94. The molecule has 0 bridgehead atoms. The maximum Gasteiger partial charge on any atom is 0.242 e. The zero-order valence-corrected chi connectivity index (χ0v) is 10.5. The second-order valence-corrected chi connectivity index (χ2v) is 6.09. The van der Waals surface area contributed by atoms with Gasteiger partial charge in [-0.3, -0.25) is 0 Å². The molecule has 0 aliphatic carbocycles. The number of sulfonamides is 1. The monoisotopic (exact) mass is 243 g/mol. The van der Waals surface area contributed by atoms with E-state index in [9.17, 15) is 8.42 Å². The summed E-state index contributed by atoms with van der Waals surface area (Å²) in [6.07, 6.45) is 0. The number of rotatable bonds is 4.